The third kappa shape index (κ3) is 4.04. The summed E-state index contributed by atoms with van der Waals surface area (Å²) in [7, 11) is 0. The number of thiazole rings is 1. The van der Waals surface area contributed by atoms with E-state index in [1.165, 1.54) is 11.3 Å². The molecule has 114 valence electrons. The Morgan fingerprint density at radius 1 is 1.38 bits per heavy atom. The molecule has 0 aliphatic rings. The lowest BCUT2D eigenvalue weighted by molar-refractivity contribution is -0.117. The standard InChI is InChI=1S/C13H18N4O2S2/c1-6(2)11-16-12(19-17-11)8(4)20-13-15-7(3)9(21-13)5-10(14)18/h6,8H,5H2,1-4H3,(H2,14,18). The number of aryl methyl sites for hydroxylation is 1. The minimum atomic E-state index is -0.343. The lowest BCUT2D eigenvalue weighted by Gasteiger charge is -2.02. The Labute approximate surface area is 131 Å². The van der Waals surface area contributed by atoms with Gasteiger partial charge in [0.25, 0.3) is 0 Å². The average molecular weight is 326 g/mol. The molecule has 0 aliphatic heterocycles. The van der Waals surface area contributed by atoms with Crippen LogP contribution in [0.3, 0.4) is 0 Å². The van der Waals surface area contributed by atoms with Crippen LogP contribution in [0.5, 0.6) is 0 Å². The number of amides is 1. The number of primary amides is 1. The van der Waals surface area contributed by atoms with Crippen molar-refractivity contribution in [2.45, 2.75) is 49.6 Å². The average Bonchev–Trinajstić information content (AvgIpc) is 2.97. The summed E-state index contributed by atoms with van der Waals surface area (Å²) in [6, 6.07) is 0. The van der Waals surface area contributed by atoms with Gasteiger partial charge in [0.1, 0.15) is 0 Å². The van der Waals surface area contributed by atoms with Crippen molar-refractivity contribution in [1.29, 1.82) is 0 Å². The monoisotopic (exact) mass is 326 g/mol. The largest absolute Gasteiger partial charge is 0.369 e. The van der Waals surface area contributed by atoms with Crippen molar-refractivity contribution in [2.24, 2.45) is 5.73 Å². The molecule has 21 heavy (non-hydrogen) atoms. The Balaban J connectivity index is 2.08. The second-order valence-corrected chi connectivity index (χ2v) is 7.71. The number of thioether (sulfide) groups is 1. The van der Waals surface area contributed by atoms with Gasteiger partial charge in [-0.05, 0) is 13.8 Å². The van der Waals surface area contributed by atoms with E-state index in [0.29, 0.717) is 11.7 Å². The molecule has 2 heterocycles. The Kier molecular flexibility index (Phi) is 5.00. The van der Waals surface area contributed by atoms with Crippen molar-refractivity contribution in [3.8, 4) is 0 Å². The molecule has 0 aromatic carbocycles. The molecule has 1 atom stereocenters. The summed E-state index contributed by atoms with van der Waals surface area (Å²) in [6.07, 6.45) is 0.233. The van der Waals surface area contributed by atoms with Gasteiger partial charge < -0.3 is 10.3 Å². The van der Waals surface area contributed by atoms with Crippen molar-refractivity contribution in [1.82, 2.24) is 15.1 Å². The summed E-state index contributed by atoms with van der Waals surface area (Å²) in [5, 5.41) is 3.97. The Bertz CT molecular complexity index is 636. The molecule has 0 saturated carbocycles. The predicted octanol–water partition coefficient (Wildman–Crippen LogP) is 2.84. The lowest BCUT2D eigenvalue weighted by atomic mass is 10.2. The summed E-state index contributed by atoms with van der Waals surface area (Å²) in [6.45, 7) is 7.92. The van der Waals surface area contributed by atoms with Gasteiger partial charge in [-0.3, -0.25) is 4.79 Å². The second kappa shape index (κ2) is 6.57. The van der Waals surface area contributed by atoms with E-state index in [-0.39, 0.29) is 23.5 Å². The zero-order chi connectivity index (χ0) is 15.6. The number of nitrogens with zero attached hydrogens (tertiary/aromatic N) is 3. The molecule has 0 fully saturated rings. The minimum absolute atomic E-state index is 0.0111. The summed E-state index contributed by atoms with van der Waals surface area (Å²) >= 11 is 3.03. The zero-order valence-corrected chi connectivity index (χ0v) is 14.0. The smallest absolute Gasteiger partial charge is 0.239 e. The highest BCUT2D eigenvalue weighted by Crippen LogP contribution is 2.37. The maximum absolute atomic E-state index is 11.0. The topological polar surface area (TPSA) is 94.9 Å². The SMILES string of the molecule is Cc1nc(SC(C)c2nc(C(C)C)no2)sc1CC(N)=O. The first-order valence-electron chi connectivity index (χ1n) is 6.61. The van der Waals surface area contributed by atoms with E-state index in [0.717, 1.165) is 14.9 Å². The first-order chi connectivity index (χ1) is 9.86. The molecule has 2 aromatic rings. The fourth-order valence-electron chi connectivity index (χ4n) is 1.62. The lowest BCUT2D eigenvalue weighted by Crippen LogP contribution is -2.13. The van der Waals surface area contributed by atoms with Gasteiger partial charge in [0.2, 0.25) is 11.8 Å². The van der Waals surface area contributed by atoms with Crippen LogP contribution in [0, 0.1) is 6.92 Å². The maximum atomic E-state index is 11.0. The van der Waals surface area contributed by atoms with E-state index in [4.69, 9.17) is 10.3 Å². The number of carbonyl (C=O) groups is 1. The Morgan fingerprint density at radius 3 is 2.67 bits per heavy atom. The normalized spacial score (nSPS) is 12.8. The van der Waals surface area contributed by atoms with Crippen molar-refractivity contribution in [2.75, 3.05) is 0 Å². The number of hydrogen-bond donors (Lipinski definition) is 1. The highest BCUT2D eigenvalue weighted by molar-refractivity contribution is 8.01. The molecular weight excluding hydrogens is 308 g/mol. The van der Waals surface area contributed by atoms with Crippen molar-refractivity contribution >= 4 is 29.0 Å². The van der Waals surface area contributed by atoms with Gasteiger partial charge in [0, 0.05) is 10.8 Å². The molecule has 0 saturated heterocycles. The van der Waals surface area contributed by atoms with E-state index >= 15 is 0 Å². The summed E-state index contributed by atoms with van der Waals surface area (Å²) in [5.74, 6) is 1.20. The van der Waals surface area contributed by atoms with Crippen molar-refractivity contribution in [3.63, 3.8) is 0 Å². The van der Waals surface area contributed by atoms with Crippen molar-refractivity contribution < 1.29 is 9.32 Å². The molecule has 0 bridgehead atoms. The van der Waals surface area contributed by atoms with Crippen LogP contribution in [-0.2, 0) is 11.2 Å². The van der Waals surface area contributed by atoms with Crippen molar-refractivity contribution in [3.05, 3.63) is 22.3 Å². The second-order valence-electron chi connectivity index (χ2n) is 5.04. The third-order valence-electron chi connectivity index (χ3n) is 2.81. The van der Waals surface area contributed by atoms with E-state index in [1.54, 1.807) is 11.8 Å². The van der Waals surface area contributed by atoms with Crippen LogP contribution < -0.4 is 5.73 Å². The van der Waals surface area contributed by atoms with Crippen LogP contribution >= 0.6 is 23.1 Å². The predicted molar refractivity (Wildman–Crippen MR) is 82.4 cm³/mol. The van der Waals surface area contributed by atoms with E-state index < -0.39 is 0 Å². The van der Waals surface area contributed by atoms with E-state index in [1.807, 2.05) is 27.7 Å². The van der Waals surface area contributed by atoms with Gasteiger partial charge in [-0.25, -0.2) is 4.98 Å². The summed E-state index contributed by atoms with van der Waals surface area (Å²) in [4.78, 5) is 20.8. The fraction of sp³-hybridized carbons (Fsp3) is 0.538. The molecule has 1 amide bonds. The zero-order valence-electron chi connectivity index (χ0n) is 12.4. The van der Waals surface area contributed by atoms with Gasteiger partial charge >= 0.3 is 0 Å². The maximum Gasteiger partial charge on any atom is 0.239 e. The fourth-order valence-corrected chi connectivity index (χ4v) is 4.04. The summed E-state index contributed by atoms with van der Waals surface area (Å²) < 4.78 is 6.16. The molecular formula is C13H18N4O2S2. The van der Waals surface area contributed by atoms with Crippen LogP contribution in [0.1, 0.15) is 54.2 Å². The molecule has 0 aliphatic carbocycles. The number of rotatable bonds is 6. The molecule has 2 N–H and O–H groups in total. The molecule has 2 rings (SSSR count). The van der Waals surface area contributed by atoms with Crippen LogP contribution in [0.2, 0.25) is 0 Å². The Morgan fingerprint density at radius 2 is 2.10 bits per heavy atom. The highest BCUT2D eigenvalue weighted by Gasteiger charge is 2.19. The van der Waals surface area contributed by atoms with Crippen LogP contribution in [0.25, 0.3) is 0 Å². The first kappa shape index (κ1) is 16.0. The van der Waals surface area contributed by atoms with Gasteiger partial charge in [-0.2, -0.15) is 4.98 Å². The highest BCUT2D eigenvalue weighted by atomic mass is 32.2. The van der Waals surface area contributed by atoms with Gasteiger partial charge in [-0.1, -0.05) is 30.8 Å². The molecule has 6 nitrogen and oxygen atoms in total. The molecule has 0 spiro atoms. The van der Waals surface area contributed by atoms with Crippen LogP contribution in [0.4, 0.5) is 0 Å². The van der Waals surface area contributed by atoms with Gasteiger partial charge in [0.05, 0.1) is 17.4 Å². The number of aromatic nitrogens is 3. The molecule has 8 heteroatoms. The van der Waals surface area contributed by atoms with Crippen LogP contribution in [-0.4, -0.2) is 21.0 Å². The number of carbonyl (C=O) groups excluding carboxylic acids is 1. The summed E-state index contributed by atoms with van der Waals surface area (Å²) in [5.41, 5.74) is 6.07. The number of nitrogens with two attached hydrogens (primary N) is 1. The molecule has 1 unspecified atom stereocenters. The first-order valence-corrected chi connectivity index (χ1v) is 8.31. The van der Waals surface area contributed by atoms with Crippen LogP contribution in [0.15, 0.2) is 8.86 Å². The third-order valence-corrected chi connectivity index (χ3v) is 5.15. The quantitative estimate of drug-likeness (QED) is 0.820. The number of hydrogen-bond acceptors (Lipinski definition) is 7. The minimum Gasteiger partial charge on any atom is -0.369 e. The molecule has 0 radical (unpaired) electrons. The molecule has 2 aromatic heterocycles. The van der Waals surface area contributed by atoms with E-state index in [2.05, 4.69) is 15.1 Å². The van der Waals surface area contributed by atoms with Gasteiger partial charge in [0.15, 0.2) is 10.2 Å². The Hall–Kier alpha value is -1.41. The van der Waals surface area contributed by atoms with E-state index in [9.17, 15) is 4.79 Å². The van der Waals surface area contributed by atoms with Gasteiger partial charge in [-0.15, -0.1) is 11.3 Å².